The van der Waals surface area contributed by atoms with Crippen molar-refractivity contribution in [2.24, 2.45) is 0 Å². The molecule has 0 spiro atoms. The van der Waals surface area contributed by atoms with Crippen molar-refractivity contribution in [3.05, 3.63) is 53.9 Å². The van der Waals surface area contributed by atoms with E-state index in [1.165, 1.54) is 0 Å². The van der Waals surface area contributed by atoms with Crippen LogP contribution in [0.1, 0.15) is 22.8 Å². The summed E-state index contributed by atoms with van der Waals surface area (Å²) in [5.74, 6) is 0.417. The minimum Gasteiger partial charge on any atom is -0.367 e. The number of aromatic nitrogens is 1. The molecule has 2 rings (SSSR count). The summed E-state index contributed by atoms with van der Waals surface area (Å²) < 4.78 is 11.9. The Labute approximate surface area is 102 Å². The van der Waals surface area contributed by atoms with Crippen molar-refractivity contribution in [3.63, 3.8) is 0 Å². The van der Waals surface area contributed by atoms with Crippen molar-refractivity contribution >= 4 is 16.6 Å². The number of benzene rings is 1. The molecule has 0 radical (unpaired) electrons. The molecule has 2 aromatic rings. The topological polar surface area (TPSA) is 49.9 Å². The molecule has 88 valence electrons. The van der Waals surface area contributed by atoms with E-state index in [2.05, 4.69) is 4.98 Å². The van der Waals surface area contributed by atoms with Crippen LogP contribution in [0, 0.1) is 0 Å². The highest BCUT2D eigenvalue weighted by Crippen LogP contribution is 2.17. The third-order valence-corrected chi connectivity index (χ3v) is 3.87. The molecule has 1 atom stereocenters. The molecule has 0 aliphatic heterocycles. The van der Waals surface area contributed by atoms with E-state index in [0.29, 0.717) is 21.8 Å². The summed E-state index contributed by atoms with van der Waals surface area (Å²) in [6.07, 6.45) is 3.35. The van der Waals surface area contributed by atoms with E-state index >= 15 is 0 Å². The van der Waals surface area contributed by atoms with Gasteiger partial charge in [-0.2, -0.15) is 0 Å². The summed E-state index contributed by atoms with van der Waals surface area (Å²) in [6.45, 7) is 1.84. The van der Waals surface area contributed by atoms with E-state index in [-0.39, 0.29) is 5.78 Å². The van der Waals surface area contributed by atoms with Gasteiger partial charge in [-0.3, -0.25) is 9.00 Å². The van der Waals surface area contributed by atoms with Crippen molar-refractivity contribution in [2.45, 2.75) is 11.8 Å². The molecule has 1 aromatic carbocycles. The number of hydrogen-bond donors (Lipinski definition) is 1. The van der Waals surface area contributed by atoms with E-state index in [0.717, 1.165) is 0 Å². The maximum absolute atomic E-state index is 12.2. The zero-order valence-electron chi connectivity index (χ0n) is 9.47. The summed E-state index contributed by atoms with van der Waals surface area (Å²) in [6, 6.07) is 8.78. The zero-order chi connectivity index (χ0) is 12.3. The smallest absolute Gasteiger partial charge is 0.195 e. The Hall–Kier alpha value is -1.68. The molecule has 0 amide bonds. The molecule has 1 heterocycles. The predicted octanol–water partition coefficient (Wildman–Crippen LogP) is 2.37. The predicted molar refractivity (Wildman–Crippen MR) is 67.6 cm³/mol. The van der Waals surface area contributed by atoms with Crippen LogP contribution in [0.3, 0.4) is 0 Å². The van der Waals surface area contributed by atoms with Crippen LogP contribution in [0.25, 0.3) is 0 Å². The lowest BCUT2D eigenvalue weighted by Crippen LogP contribution is -2.06. The van der Waals surface area contributed by atoms with Crippen LogP contribution < -0.4 is 0 Å². The molecule has 0 fully saturated rings. The van der Waals surface area contributed by atoms with E-state index in [9.17, 15) is 9.00 Å². The monoisotopic (exact) mass is 247 g/mol. The fourth-order valence-electron chi connectivity index (χ4n) is 1.63. The van der Waals surface area contributed by atoms with Gasteiger partial charge >= 0.3 is 0 Å². The molecule has 0 aliphatic rings. The summed E-state index contributed by atoms with van der Waals surface area (Å²) in [5, 5.41) is 0. The van der Waals surface area contributed by atoms with Gasteiger partial charge in [-0.05, 0) is 18.2 Å². The van der Waals surface area contributed by atoms with Crippen LogP contribution in [0.5, 0.6) is 0 Å². The SMILES string of the molecule is CCS(=O)c1ccccc1C(=O)c1cc[nH]c1. The number of hydrogen-bond acceptors (Lipinski definition) is 2. The van der Waals surface area contributed by atoms with Gasteiger partial charge in [-0.15, -0.1) is 0 Å². The van der Waals surface area contributed by atoms with Crippen molar-refractivity contribution in [1.82, 2.24) is 4.98 Å². The molecular weight excluding hydrogens is 234 g/mol. The first-order valence-electron chi connectivity index (χ1n) is 5.39. The minimum absolute atomic E-state index is 0.0938. The fraction of sp³-hybridized carbons (Fsp3) is 0.154. The van der Waals surface area contributed by atoms with Gasteiger partial charge in [0.1, 0.15) is 0 Å². The van der Waals surface area contributed by atoms with Crippen molar-refractivity contribution < 1.29 is 9.00 Å². The van der Waals surface area contributed by atoms with Gasteiger partial charge in [0.25, 0.3) is 0 Å². The molecule has 17 heavy (non-hydrogen) atoms. The Bertz CT molecular complexity index is 546. The molecule has 1 N–H and O–H groups in total. The second kappa shape index (κ2) is 5.10. The fourth-order valence-corrected chi connectivity index (χ4v) is 2.58. The standard InChI is InChI=1S/C13H13NO2S/c1-2-17(16)12-6-4-3-5-11(12)13(15)10-7-8-14-9-10/h3-9,14H,2H2,1H3. The van der Waals surface area contributed by atoms with E-state index in [1.54, 1.807) is 42.7 Å². The Kier molecular flexibility index (Phi) is 3.54. The molecule has 0 saturated heterocycles. The Morgan fingerprint density at radius 2 is 2.06 bits per heavy atom. The molecule has 0 bridgehead atoms. The van der Waals surface area contributed by atoms with Crippen molar-refractivity contribution in [1.29, 1.82) is 0 Å². The number of rotatable bonds is 4. The molecule has 1 unspecified atom stereocenters. The van der Waals surface area contributed by atoms with Crippen molar-refractivity contribution in [2.75, 3.05) is 5.75 Å². The lowest BCUT2D eigenvalue weighted by atomic mass is 10.1. The number of aromatic amines is 1. The third kappa shape index (κ3) is 2.36. The lowest BCUT2D eigenvalue weighted by molar-refractivity contribution is 0.103. The maximum Gasteiger partial charge on any atom is 0.195 e. The lowest BCUT2D eigenvalue weighted by Gasteiger charge is -2.06. The summed E-state index contributed by atoms with van der Waals surface area (Å²) in [4.78, 5) is 15.7. The molecule has 0 saturated carbocycles. The Balaban J connectivity index is 2.45. The van der Waals surface area contributed by atoms with Crippen LogP contribution in [0.4, 0.5) is 0 Å². The Morgan fingerprint density at radius 1 is 1.29 bits per heavy atom. The van der Waals surface area contributed by atoms with Crippen LogP contribution >= 0.6 is 0 Å². The summed E-state index contributed by atoms with van der Waals surface area (Å²) in [7, 11) is -1.12. The molecule has 0 aliphatic carbocycles. The Morgan fingerprint density at radius 3 is 2.71 bits per heavy atom. The first-order chi connectivity index (χ1) is 8.24. The van der Waals surface area contributed by atoms with Gasteiger partial charge in [-0.25, -0.2) is 0 Å². The van der Waals surface area contributed by atoms with Crippen LogP contribution in [-0.4, -0.2) is 20.7 Å². The van der Waals surface area contributed by atoms with Crippen LogP contribution in [0.2, 0.25) is 0 Å². The summed E-state index contributed by atoms with van der Waals surface area (Å²) in [5.41, 5.74) is 1.11. The highest BCUT2D eigenvalue weighted by molar-refractivity contribution is 7.85. The number of carbonyl (C=O) groups excluding carboxylic acids is 1. The average Bonchev–Trinajstić information content (AvgIpc) is 2.91. The number of H-pyrrole nitrogens is 1. The minimum atomic E-state index is -1.12. The second-order valence-electron chi connectivity index (χ2n) is 3.56. The number of carbonyl (C=O) groups is 1. The average molecular weight is 247 g/mol. The maximum atomic E-state index is 12.2. The van der Waals surface area contributed by atoms with E-state index < -0.39 is 10.8 Å². The molecular formula is C13H13NO2S. The molecule has 3 nitrogen and oxygen atoms in total. The summed E-state index contributed by atoms with van der Waals surface area (Å²) >= 11 is 0. The largest absolute Gasteiger partial charge is 0.367 e. The van der Waals surface area contributed by atoms with E-state index in [1.807, 2.05) is 6.92 Å². The quantitative estimate of drug-likeness (QED) is 0.843. The van der Waals surface area contributed by atoms with Gasteiger partial charge < -0.3 is 4.98 Å². The van der Waals surface area contributed by atoms with Gasteiger partial charge in [0, 0.05) is 34.2 Å². The highest BCUT2D eigenvalue weighted by Gasteiger charge is 2.16. The van der Waals surface area contributed by atoms with Gasteiger partial charge in [0.2, 0.25) is 0 Å². The first-order valence-corrected chi connectivity index (χ1v) is 6.71. The first kappa shape index (κ1) is 11.8. The molecule has 4 heteroatoms. The van der Waals surface area contributed by atoms with Gasteiger partial charge in [-0.1, -0.05) is 19.1 Å². The zero-order valence-corrected chi connectivity index (χ0v) is 10.3. The van der Waals surface area contributed by atoms with Gasteiger partial charge in [0.15, 0.2) is 5.78 Å². The normalized spacial score (nSPS) is 12.3. The van der Waals surface area contributed by atoms with Gasteiger partial charge in [0.05, 0.1) is 10.8 Å². The van der Waals surface area contributed by atoms with E-state index in [4.69, 9.17) is 0 Å². The second-order valence-corrected chi connectivity index (χ2v) is 5.27. The third-order valence-electron chi connectivity index (χ3n) is 2.50. The molecule has 1 aromatic heterocycles. The highest BCUT2D eigenvalue weighted by atomic mass is 32.2. The van der Waals surface area contributed by atoms with Crippen LogP contribution in [-0.2, 0) is 10.8 Å². The number of nitrogens with one attached hydrogen (secondary N) is 1. The van der Waals surface area contributed by atoms with Crippen LogP contribution in [0.15, 0.2) is 47.6 Å². The number of ketones is 1. The van der Waals surface area contributed by atoms with Crippen molar-refractivity contribution in [3.8, 4) is 0 Å².